The van der Waals surface area contributed by atoms with Crippen molar-refractivity contribution in [2.75, 3.05) is 0 Å². The number of carboxylic acids is 2. The second-order valence-corrected chi connectivity index (χ2v) is 6.16. The van der Waals surface area contributed by atoms with Crippen molar-refractivity contribution in [2.24, 2.45) is 0 Å². The highest BCUT2D eigenvalue weighted by atomic mass is 16.4. The van der Waals surface area contributed by atoms with Gasteiger partial charge in [-0.2, -0.15) is 0 Å². The molecule has 0 aromatic heterocycles. The smallest absolute Gasteiger partial charge is 0.328 e. The molecule has 0 aliphatic carbocycles. The Bertz CT molecular complexity index is 414. The maximum absolute atomic E-state index is 11.6. The number of rotatable bonds is 9. The van der Waals surface area contributed by atoms with Gasteiger partial charge in [0, 0.05) is 12.8 Å². The van der Waals surface area contributed by atoms with E-state index in [4.69, 9.17) is 10.2 Å². The normalized spacial score (nSPS) is 11.6. The van der Waals surface area contributed by atoms with Gasteiger partial charge in [-0.3, -0.25) is 9.59 Å². The number of carboxylic acid groups (broad SMARTS) is 2. The number of aliphatic carboxylic acids is 2. The van der Waals surface area contributed by atoms with E-state index in [0.29, 0.717) is 12.8 Å². The van der Waals surface area contributed by atoms with Gasteiger partial charge in [-0.25, -0.2) is 9.59 Å². The number of amides is 2. The van der Waals surface area contributed by atoms with E-state index in [1.165, 1.54) is 27.7 Å². The molecule has 0 heterocycles. The predicted molar refractivity (Wildman–Crippen MR) is 78.2 cm³/mol. The van der Waals surface area contributed by atoms with Crippen LogP contribution in [0.5, 0.6) is 0 Å². The lowest BCUT2D eigenvalue weighted by Crippen LogP contribution is -2.49. The molecule has 2 amide bonds. The van der Waals surface area contributed by atoms with Crippen LogP contribution in [0.2, 0.25) is 0 Å². The Kier molecular flexibility index (Phi) is 7.02. The van der Waals surface area contributed by atoms with Crippen LogP contribution in [0.4, 0.5) is 0 Å². The molecule has 0 saturated heterocycles. The van der Waals surface area contributed by atoms with Crippen LogP contribution < -0.4 is 10.6 Å². The summed E-state index contributed by atoms with van der Waals surface area (Å²) in [7, 11) is 0. The summed E-state index contributed by atoms with van der Waals surface area (Å²) in [4.78, 5) is 44.8. The Balaban J connectivity index is 4.04. The zero-order valence-electron chi connectivity index (χ0n) is 13.4. The van der Waals surface area contributed by atoms with Crippen molar-refractivity contribution >= 4 is 23.8 Å². The van der Waals surface area contributed by atoms with Crippen LogP contribution in [0.15, 0.2) is 0 Å². The van der Waals surface area contributed by atoms with E-state index >= 15 is 0 Å². The fraction of sp³-hybridized carbons (Fsp3) is 0.714. The van der Waals surface area contributed by atoms with E-state index < -0.39 is 34.8 Å². The Labute approximate surface area is 129 Å². The van der Waals surface area contributed by atoms with E-state index in [-0.39, 0.29) is 12.8 Å². The highest BCUT2D eigenvalue weighted by Crippen LogP contribution is 2.07. The van der Waals surface area contributed by atoms with Gasteiger partial charge in [-0.1, -0.05) is 0 Å². The quantitative estimate of drug-likeness (QED) is 0.458. The predicted octanol–water partition coefficient (Wildman–Crippen LogP) is 0.506. The van der Waals surface area contributed by atoms with Gasteiger partial charge >= 0.3 is 11.9 Å². The molecular weight excluding hydrogens is 292 g/mol. The number of nitrogens with one attached hydrogen (secondary N) is 2. The molecule has 0 spiro atoms. The van der Waals surface area contributed by atoms with Crippen molar-refractivity contribution in [3.05, 3.63) is 0 Å². The lowest BCUT2D eigenvalue weighted by molar-refractivity contribution is -0.146. The lowest BCUT2D eigenvalue weighted by Gasteiger charge is -2.21. The van der Waals surface area contributed by atoms with Crippen molar-refractivity contribution in [3.8, 4) is 0 Å². The first-order chi connectivity index (χ1) is 9.88. The van der Waals surface area contributed by atoms with Gasteiger partial charge in [0.15, 0.2) is 0 Å². The molecule has 0 bridgehead atoms. The number of unbranched alkanes of at least 4 members (excludes halogenated alkanes) is 1. The summed E-state index contributed by atoms with van der Waals surface area (Å²) in [6, 6.07) is 0. The standard InChI is InChI=1S/C14H24N2O6/c1-13(2,11(19)20)15-9(17)7-5-6-8-10(18)16-14(3,4)12(21)22/h5-8H2,1-4H3,(H,15,17)(H,16,18)(H,19,20)(H,21,22). The maximum atomic E-state index is 11.6. The molecular formula is C14H24N2O6. The molecule has 8 heteroatoms. The fourth-order valence-corrected chi connectivity index (χ4v) is 1.50. The highest BCUT2D eigenvalue weighted by molar-refractivity contribution is 5.87. The maximum Gasteiger partial charge on any atom is 0.328 e. The fourth-order valence-electron chi connectivity index (χ4n) is 1.50. The third kappa shape index (κ3) is 7.05. The summed E-state index contributed by atoms with van der Waals surface area (Å²) < 4.78 is 0. The molecule has 0 radical (unpaired) electrons. The van der Waals surface area contributed by atoms with Gasteiger partial charge in [-0.15, -0.1) is 0 Å². The van der Waals surface area contributed by atoms with E-state index in [0.717, 1.165) is 0 Å². The van der Waals surface area contributed by atoms with Gasteiger partial charge in [0.05, 0.1) is 0 Å². The molecule has 0 aromatic carbocycles. The molecule has 0 rings (SSSR count). The molecule has 0 atom stereocenters. The van der Waals surface area contributed by atoms with E-state index in [1.54, 1.807) is 0 Å². The van der Waals surface area contributed by atoms with Crippen LogP contribution >= 0.6 is 0 Å². The van der Waals surface area contributed by atoms with Crippen molar-refractivity contribution in [1.29, 1.82) is 0 Å². The number of carbonyl (C=O) groups excluding carboxylic acids is 2. The molecule has 126 valence electrons. The first-order valence-corrected chi connectivity index (χ1v) is 6.97. The second kappa shape index (κ2) is 7.77. The summed E-state index contributed by atoms with van der Waals surface area (Å²) in [5.41, 5.74) is -2.67. The molecule has 0 saturated carbocycles. The summed E-state index contributed by atoms with van der Waals surface area (Å²) in [6.45, 7) is 5.53. The first-order valence-electron chi connectivity index (χ1n) is 6.97. The number of carbonyl (C=O) groups is 4. The summed E-state index contributed by atoms with van der Waals surface area (Å²) in [5, 5.41) is 22.5. The minimum Gasteiger partial charge on any atom is -0.480 e. The summed E-state index contributed by atoms with van der Waals surface area (Å²) >= 11 is 0. The van der Waals surface area contributed by atoms with Gasteiger partial charge in [0.1, 0.15) is 11.1 Å². The number of hydrogen-bond donors (Lipinski definition) is 4. The van der Waals surface area contributed by atoms with Gasteiger partial charge in [-0.05, 0) is 40.5 Å². The molecule has 0 aliphatic rings. The van der Waals surface area contributed by atoms with Gasteiger partial charge in [0.25, 0.3) is 0 Å². The van der Waals surface area contributed by atoms with Crippen molar-refractivity contribution in [2.45, 2.75) is 64.5 Å². The van der Waals surface area contributed by atoms with E-state index in [9.17, 15) is 19.2 Å². The zero-order valence-corrected chi connectivity index (χ0v) is 13.4. The summed E-state index contributed by atoms with van der Waals surface area (Å²) in [6.07, 6.45) is 1.02. The molecule has 0 unspecified atom stereocenters. The average Bonchev–Trinajstić information content (AvgIpc) is 2.33. The topological polar surface area (TPSA) is 133 Å². The van der Waals surface area contributed by atoms with Crippen LogP contribution in [0.1, 0.15) is 53.4 Å². The monoisotopic (exact) mass is 316 g/mol. The van der Waals surface area contributed by atoms with Crippen LogP contribution in [0, 0.1) is 0 Å². The largest absolute Gasteiger partial charge is 0.480 e. The van der Waals surface area contributed by atoms with Crippen molar-refractivity contribution in [1.82, 2.24) is 10.6 Å². The Morgan fingerprint density at radius 2 is 1.00 bits per heavy atom. The van der Waals surface area contributed by atoms with E-state index in [1.807, 2.05) is 0 Å². The zero-order chi connectivity index (χ0) is 17.6. The van der Waals surface area contributed by atoms with Gasteiger partial charge in [0.2, 0.25) is 11.8 Å². The minimum absolute atomic E-state index is 0.103. The van der Waals surface area contributed by atoms with Crippen LogP contribution in [0.3, 0.4) is 0 Å². The second-order valence-electron chi connectivity index (χ2n) is 6.16. The van der Waals surface area contributed by atoms with E-state index in [2.05, 4.69) is 10.6 Å². The van der Waals surface area contributed by atoms with Crippen LogP contribution in [0.25, 0.3) is 0 Å². The first kappa shape index (κ1) is 19.9. The van der Waals surface area contributed by atoms with Crippen LogP contribution in [-0.4, -0.2) is 45.0 Å². The third-order valence-corrected chi connectivity index (χ3v) is 3.03. The van der Waals surface area contributed by atoms with Gasteiger partial charge < -0.3 is 20.8 Å². The Hall–Kier alpha value is -2.12. The lowest BCUT2D eigenvalue weighted by atomic mass is 10.0. The Morgan fingerprint density at radius 3 is 1.23 bits per heavy atom. The highest BCUT2D eigenvalue weighted by Gasteiger charge is 2.29. The SMILES string of the molecule is CC(C)(NC(=O)CCCCC(=O)NC(C)(C)C(=O)O)C(=O)O. The average molecular weight is 316 g/mol. The molecule has 22 heavy (non-hydrogen) atoms. The Morgan fingerprint density at radius 1 is 0.727 bits per heavy atom. The van der Waals surface area contributed by atoms with Crippen LogP contribution in [-0.2, 0) is 19.2 Å². The number of hydrogen-bond acceptors (Lipinski definition) is 4. The summed E-state index contributed by atoms with van der Waals surface area (Å²) in [5.74, 6) is -3.07. The molecule has 8 nitrogen and oxygen atoms in total. The minimum atomic E-state index is -1.33. The molecule has 0 fully saturated rings. The molecule has 0 aliphatic heterocycles. The van der Waals surface area contributed by atoms with Crippen molar-refractivity contribution < 1.29 is 29.4 Å². The molecule has 0 aromatic rings. The van der Waals surface area contributed by atoms with Crippen molar-refractivity contribution in [3.63, 3.8) is 0 Å². The third-order valence-electron chi connectivity index (χ3n) is 3.03. The molecule has 4 N–H and O–H groups in total.